The summed E-state index contributed by atoms with van der Waals surface area (Å²) in [6.45, 7) is 7.38. The average molecular weight is 262 g/mol. The summed E-state index contributed by atoms with van der Waals surface area (Å²) in [5.74, 6) is 1.20. The van der Waals surface area contributed by atoms with Gasteiger partial charge in [-0.1, -0.05) is 25.7 Å². The Morgan fingerprint density at radius 3 is 2.47 bits per heavy atom. The minimum absolute atomic E-state index is 0.445. The van der Waals surface area contributed by atoms with E-state index in [2.05, 4.69) is 34.3 Å². The number of nitrogens with zero attached hydrogens (tertiary/aromatic N) is 2. The molecule has 0 radical (unpaired) electrons. The highest BCUT2D eigenvalue weighted by molar-refractivity contribution is 5.69. The Morgan fingerprint density at radius 1 is 1.11 bits per heavy atom. The molecule has 1 aliphatic heterocycles. The van der Waals surface area contributed by atoms with Crippen LogP contribution in [0.1, 0.15) is 51.1 Å². The lowest BCUT2D eigenvalue weighted by Gasteiger charge is -2.31. The zero-order chi connectivity index (χ0) is 13.3. The molecule has 0 atom stereocenters. The van der Waals surface area contributed by atoms with Gasteiger partial charge in [-0.25, -0.2) is 4.68 Å². The molecule has 3 rings (SSSR count). The van der Waals surface area contributed by atoms with E-state index in [1.54, 1.807) is 0 Å². The molecule has 2 N–H and O–H groups in total. The number of hydrogen-bond acceptors (Lipinski definition) is 3. The van der Waals surface area contributed by atoms with Gasteiger partial charge in [0.15, 0.2) is 0 Å². The normalized spacial score (nSPS) is 22.0. The molecule has 4 nitrogen and oxygen atoms in total. The minimum Gasteiger partial charge on any atom is -0.380 e. The molecule has 0 unspecified atom stereocenters. The zero-order valence-electron chi connectivity index (χ0n) is 12.3. The molecule has 1 fully saturated rings. The third kappa shape index (κ3) is 2.33. The van der Waals surface area contributed by atoms with Crippen LogP contribution in [0.4, 0.5) is 11.5 Å². The van der Waals surface area contributed by atoms with Gasteiger partial charge in [0.25, 0.3) is 0 Å². The largest absolute Gasteiger partial charge is 0.380 e. The summed E-state index contributed by atoms with van der Waals surface area (Å²) in [6, 6.07) is 0. The van der Waals surface area contributed by atoms with Crippen LogP contribution < -0.4 is 10.6 Å². The molecular weight excluding hydrogens is 236 g/mol. The monoisotopic (exact) mass is 262 g/mol. The molecule has 2 aliphatic rings. The molecule has 19 heavy (non-hydrogen) atoms. The lowest BCUT2D eigenvalue weighted by Crippen LogP contribution is -2.34. The summed E-state index contributed by atoms with van der Waals surface area (Å²) >= 11 is 0. The van der Waals surface area contributed by atoms with Crippen molar-refractivity contribution in [3.05, 3.63) is 5.69 Å². The van der Waals surface area contributed by atoms with Crippen molar-refractivity contribution in [1.82, 2.24) is 9.78 Å². The van der Waals surface area contributed by atoms with E-state index in [1.807, 2.05) is 0 Å². The molecule has 1 spiro atoms. The van der Waals surface area contributed by atoms with Crippen molar-refractivity contribution in [3.8, 4) is 0 Å². The molecule has 1 saturated carbocycles. The molecule has 0 bridgehead atoms. The fourth-order valence-corrected chi connectivity index (χ4v) is 3.64. The Morgan fingerprint density at radius 2 is 1.79 bits per heavy atom. The highest BCUT2D eigenvalue weighted by atomic mass is 15.3. The average Bonchev–Trinajstić information content (AvgIpc) is 2.63. The molecule has 0 aromatic carbocycles. The molecule has 1 aliphatic carbocycles. The van der Waals surface area contributed by atoms with Crippen LogP contribution in [0.5, 0.6) is 0 Å². The lowest BCUT2D eigenvalue weighted by molar-refractivity contribution is 0.285. The first-order valence-corrected chi connectivity index (χ1v) is 7.79. The van der Waals surface area contributed by atoms with Crippen LogP contribution in [0.15, 0.2) is 0 Å². The minimum atomic E-state index is 0.445. The van der Waals surface area contributed by atoms with Gasteiger partial charge in [0.2, 0.25) is 0 Å². The van der Waals surface area contributed by atoms with Crippen LogP contribution in [0.3, 0.4) is 0 Å². The SMILES string of the molecule is CCn1nc(C)c2c1NCC1(CCCCCC1)CN2. The highest BCUT2D eigenvalue weighted by Crippen LogP contribution is 2.39. The Hall–Kier alpha value is -1.19. The first kappa shape index (κ1) is 12.8. The molecule has 1 aromatic heterocycles. The van der Waals surface area contributed by atoms with Crippen molar-refractivity contribution in [3.63, 3.8) is 0 Å². The number of aryl methyl sites for hydroxylation is 2. The Labute approximate surface area is 116 Å². The molecular formula is C15H26N4. The van der Waals surface area contributed by atoms with E-state index >= 15 is 0 Å². The van der Waals surface area contributed by atoms with Crippen molar-refractivity contribution < 1.29 is 0 Å². The number of rotatable bonds is 1. The number of fused-ring (bicyclic) bond motifs is 1. The Kier molecular flexibility index (Phi) is 3.42. The first-order valence-electron chi connectivity index (χ1n) is 7.79. The quantitative estimate of drug-likeness (QED) is 0.815. The van der Waals surface area contributed by atoms with Crippen LogP contribution in [0, 0.1) is 12.3 Å². The second kappa shape index (κ2) is 5.06. The summed E-state index contributed by atoms with van der Waals surface area (Å²) in [5, 5.41) is 12.0. The second-order valence-electron chi connectivity index (χ2n) is 6.25. The van der Waals surface area contributed by atoms with E-state index in [9.17, 15) is 0 Å². The van der Waals surface area contributed by atoms with E-state index in [0.717, 1.165) is 25.3 Å². The predicted octanol–water partition coefficient (Wildman–Crippen LogP) is 3.39. The molecule has 106 valence electrons. The van der Waals surface area contributed by atoms with Crippen LogP contribution in [0.25, 0.3) is 0 Å². The van der Waals surface area contributed by atoms with E-state index < -0.39 is 0 Å². The van der Waals surface area contributed by atoms with Gasteiger partial charge in [-0.05, 0) is 26.7 Å². The fourth-order valence-electron chi connectivity index (χ4n) is 3.64. The van der Waals surface area contributed by atoms with Gasteiger partial charge in [0.05, 0.1) is 5.69 Å². The van der Waals surface area contributed by atoms with E-state index in [0.29, 0.717) is 5.41 Å². The number of nitrogens with one attached hydrogen (secondary N) is 2. The standard InChI is InChI=1S/C15H26N4/c1-3-19-14-13(12(2)18-19)16-10-15(11-17-14)8-6-4-5-7-9-15/h16-17H,3-11H2,1-2H3. The van der Waals surface area contributed by atoms with Crippen molar-refractivity contribution >= 4 is 11.5 Å². The number of anilines is 2. The summed E-state index contributed by atoms with van der Waals surface area (Å²) < 4.78 is 2.09. The molecule has 0 saturated heterocycles. The highest BCUT2D eigenvalue weighted by Gasteiger charge is 2.34. The fraction of sp³-hybridized carbons (Fsp3) is 0.800. The van der Waals surface area contributed by atoms with Gasteiger partial charge in [0.1, 0.15) is 11.5 Å². The van der Waals surface area contributed by atoms with Crippen molar-refractivity contribution in [2.24, 2.45) is 5.41 Å². The van der Waals surface area contributed by atoms with Crippen molar-refractivity contribution in [2.75, 3.05) is 23.7 Å². The smallest absolute Gasteiger partial charge is 0.148 e. The molecule has 0 amide bonds. The van der Waals surface area contributed by atoms with Gasteiger partial charge in [0, 0.05) is 25.0 Å². The van der Waals surface area contributed by atoms with Gasteiger partial charge in [-0.15, -0.1) is 0 Å². The van der Waals surface area contributed by atoms with Crippen LogP contribution in [0.2, 0.25) is 0 Å². The molecule has 1 aromatic rings. The maximum Gasteiger partial charge on any atom is 0.148 e. The van der Waals surface area contributed by atoms with E-state index in [-0.39, 0.29) is 0 Å². The first-order chi connectivity index (χ1) is 9.24. The van der Waals surface area contributed by atoms with Gasteiger partial charge in [-0.3, -0.25) is 0 Å². The van der Waals surface area contributed by atoms with E-state index in [4.69, 9.17) is 0 Å². The summed E-state index contributed by atoms with van der Waals surface area (Å²) in [7, 11) is 0. The lowest BCUT2D eigenvalue weighted by atomic mass is 9.80. The third-order valence-electron chi connectivity index (χ3n) is 4.86. The maximum atomic E-state index is 4.60. The van der Waals surface area contributed by atoms with Gasteiger partial charge < -0.3 is 10.6 Å². The summed E-state index contributed by atoms with van der Waals surface area (Å²) in [4.78, 5) is 0. The molecule has 4 heteroatoms. The second-order valence-corrected chi connectivity index (χ2v) is 6.25. The summed E-state index contributed by atoms with van der Waals surface area (Å²) in [5.41, 5.74) is 2.79. The Bertz CT molecular complexity index is 441. The zero-order valence-corrected chi connectivity index (χ0v) is 12.3. The van der Waals surface area contributed by atoms with Gasteiger partial charge >= 0.3 is 0 Å². The predicted molar refractivity (Wildman–Crippen MR) is 79.8 cm³/mol. The number of hydrogen-bond donors (Lipinski definition) is 2. The van der Waals surface area contributed by atoms with Crippen LogP contribution in [-0.2, 0) is 6.54 Å². The Balaban J connectivity index is 1.84. The van der Waals surface area contributed by atoms with E-state index in [1.165, 1.54) is 50.0 Å². The maximum absolute atomic E-state index is 4.60. The van der Waals surface area contributed by atoms with Gasteiger partial charge in [-0.2, -0.15) is 5.10 Å². The van der Waals surface area contributed by atoms with Crippen LogP contribution >= 0.6 is 0 Å². The van der Waals surface area contributed by atoms with Crippen molar-refractivity contribution in [2.45, 2.75) is 58.9 Å². The third-order valence-corrected chi connectivity index (χ3v) is 4.86. The molecule has 2 heterocycles. The number of aromatic nitrogens is 2. The topological polar surface area (TPSA) is 41.9 Å². The van der Waals surface area contributed by atoms with Crippen LogP contribution in [-0.4, -0.2) is 22.9 Å². The summed E-state index contributed by atoms with van der Waals surface area (Å²) in [6.07, 6.45) is 8.32. The van der Waals surface area contributed by atoms with Crippen molar-refractivity contribution in [1.29, 1.82) is 0 Å².